The minimum atomic E-state index is -0.199. The number of aryl methyl sites for hydroxylation is 1. The molecule has 3 nitrogen and oxygen atoms in total. The van der Waals surface area contributed by atoms with Gasteiger partial charge in [-0.3, -0.25) is 4.68 Å². The number of nitrogens with one attached hydrogen (secondary N) is 1. The third-order valence-corrected chi connectivity index (χ3v) is 2.57. The predicted octanol–water partition coefficient (Wildman–Crippen LogP) is 2.33. The predicted molar refractivity (Wildman–Crippen MR) is 64.8 cm³/mol. The van der Waals surface area contributed by atoms with Crippen molar-refractivity contribution < 1.29 is 4.39 Å². The number of hydrogen-bond donors (Lipinski definition) is 1. The van der Waals surface area contributed by atoms with E-state index in [0.29, 0.717) is 0 Å². The second-order valence-electron chi connectivity index (χ2n) is 3.89. The quantitative estimate of drug-likeness (QED) is 0.859. The van der Waals surface area contributed by atoms with E-state index in [-0.39, 0.29) is 5.82 Å². The summed E-state index contributed by atoms with van der Waals surface area (Å²) >= 11 is 0. The van der Waals surface area contributed by atoms with Gasteiger partial charge in [0.2, 0.25) is 0 Å². The molecule has 0 saturated carbocycles. The van der Waals surface area contributed by atoms with E-state index in [4.69, 9.17) is 0 Å². The molecular weight excluding hydrogens is 217 g/mol. The lowest BCUT2D eigenvalue weighted by Crippen LogP contribution is -2.13. The molecule has 0 radical (unpaired) electrons. The van der Waals surface area contributed by atoms with E-state index in [1.807, 2.05) is 16.9 Å². The van der Waals surface area contributed by atoms with Crippen molar-refractivity contribution in [3.05, 3.63) is 53.6 Å². The summed E-state index contributed by atoms with van der Waals surface area (Å²) in [5.41, 5.74) is 2.09. The number of halogens is 1. The number of aromatic nitrogens is 2. The highest BCUT2D eigenvalue weighted by molar-refractivity contribution is 5.15. The lowest BCUT2D eigenvalue weighted by Gasteiger charge is -2.02. The van der Waals surface area contributed by atoms with Crippen molar-refractivity contribution in [3.8, 4) is 0 Å². The van der Waals surface area contributed by atoms with E-state index in [1.165, 1.54) is 12.1 Å². The molecule has 1 aromatic heterocycles. The third-order valence-electron chi connectivity index (χ3n) is 2.57. The van der Waals surface area contributed by atoms with Gasteiger partial charge in [0.1, 0.15) is 5.82 Å². The molecule has 0 aliphatic carbocycles. The summed E-state index contributed by atoms with van der Waals surface area (Å²) in [5, 5.41) is 7.64. The Morgan fingerprint density at radius 1 is 1.18 bits per heavy atom. The molecule has 2 rings (SSSR count). The Bertz CT molecular complexity index is 462. The highest BCUT2D eigenvalue weighted by Crippen LogP contribution is 2.02. The Kier molecular flexibility index (Phi) is 3.88. The van der Waals surface area contributed by atoms with E-state index in [0.717, 1.165) is 30.9 Å². The van der Waals surface area contributed by atoms with Gasteiger partial charge in [-0.1, -0.05) is 12.1 Å². The molecule has 4 heteroatoms. The number of hydrogen-bond acceptors (Lipinski definition) is 2. The first-order valence-corrected chi connectivity index (χ1v) is 5.75. The minimum absolute atomic E-state index is 0.199. The molecule has 1 heterocycles. The maximum absolute atomic E-state index is 12.7. The molecule has 0 atom stereocenters. The van der Waals surface area contributed by atoms with Gasteiger partial charge in [-0.15, -0.1) is 0 Å². The fourth-order valence-corrected chi connectivity index (χ4v) is 1.61. The Hall–Kier alpha value is -1.68. The molecule has 1 aromatic carbocycles. The second-order valence-corrected chi connectivity index (χ2v) is 3.89. The molecule has 0 amide bonds. The molecule has 0 aliphatic rings. The van der Waals surface area contributed by atoms with Crippen LogP contribution in [0.25, 0.3) is 0 Å². The van der Waals surface area contributed by atoms with Crippen molar-refractivity contribution in [1.82, 2.24) is 15.1 Å². The van der Waals surface area contributed by atoms with E-state index in [1.54, 1.807) is 12.1 Å². The Morgan fingerprint density at radius 2 is 1.94 bits per heavy atom. The lowest BCUT2D eigenvalue weighted by molar-refractivity contribution is 0.615. The van der Waals surface area contributed by atoms with Gasteiger partial charge in [-0.2, -0.15) is 5.10 Å². The van der Waals surface area contributed by atoms with Crippen molar-refractivity contribution in [2.45, 2.75) is 26.6 Å². The number of benzene rings is 1. The maximum atomic E-state index is 12.7. The van der Waals surface area contributed by atoms with E-state index in [2.05, 4.69) is 17.3 Å². The van der Waals surface area contributed by atoms with Crippen LogP contribution in [0.2, 0.25) is 0 Å². The van der Waals surface area contributed by atoms with Gasteiger partial charge in [0, 0.05) is 25.8 Å². The zero-order chi connectivity index (χ0) is 12.1. The standard InChI is InChI=1S/C13H16FN3/c1-2-17-8-7-13(16-17)10-15-9-11-3-5-12(14)6-4-11/h3-8,15H,2,9-10H2,1H3. The molecule has 0 unspecified atom stereocenters. The van der Waals surface area contributed by atoms with Crippen molar-refractivity contribution in [2.75, 3.05) is 0 Å². The summed E-state index contributed by atoms with van der Waals surface area (Å²) < 4.78 is 14.6. The molecule has 0 fully saturated rings. The SMILES string of the molecule is CCn1ccc(CNCc2ccc(F)cc2)n1. The zero-order valence-corrected chi connectivity index (χ0v) is 9.86. The molecule has 0 bridgehead atoms. The molecule has 2 aromatic rings. The van der Waals surface area contributed by atoms with Crippen molar-refractivity contribution in [1.29, 1.82) is 0 Å². The molecular formula is C13H16FN3. The van der Waals surface area contributed by atoms with Gasteiger partial charge in [-0.25, -0.2) is 4.39 Å². The third kappa shape index (κ3) is 3.39. The topological polar surface area (TPSA) is 29.9 Å². The van der Waals surface area contributed by atoms with Crippen LogP contribution in [-0.4, -0.2) is 9.78 Å². The largest absolute Gasteiger partial charge is 0.307 e. The summed E-state index contributed by atoms with van der Waals surface area (Å²) in [7, 11) is 0. The van der Waals surface area contributed by atoms with Gasteiger partial charge in [0.15, 0.2) is 0 Å². The van der Waals surface area contributed by atoms with Crippen molar-refractivity contribution in [2.24, 2.45) is 0 Å². The highest BCUT2D eigenvalue weighted by Gasteiger charge is 1.98. The van der Waals surface area contributed by atoms with Crippen LogP contribution >= 0.6 is 0 Å². The van der Waals surface area contributed by atoms with Crippen LogP contribution in [0.15, 0.2) is 36.5 Å². The number of rotatable bonds is 5. The van der Waals surface area contributed by atoms with Crippen molar-refractivity contribution >= 4 is 0 Å². The average Bonchev–Trinajstić information content (AvgIpc) is 2.80. The van der Waals surface area contributed by atoms with E-state index >= 15 is 0 Å². The van der Waals surface area contributed by atoms with Crippen molar-refractivity contribution in [3.63, 3.8) is 0 Å². The van der Waals surface area contributed by atoms with Gasteiger partial charge in [0.25, 0.3) is 0 Å². The second kappa shape index (κ2) is 5.59. The summed E-state index contributed by atoms with van der Waals surface area (Å²) in [4.78, 5) is 0. The van der Waals surface area contributed by atoms with Crippen LogP contribution in [0.4, 0.5) is 4.39 Å². The van der Waals surface area contributed by atoms with Gasteiger partial charge >= 0.3 is 0 Å². The first kappa shape index (κ1) is 11.8. The normalized spacial score (nSPS) is 10.7. The van der Waals surface area contributed by atoms with Crippen LogP contribution in [0.1, 0.15) is 18.2 Å². The summed E-state index contributed by atoms with van der Waals surface area (Å²) in [6.07, 6.45) is 1.97. The fourth-order valence-electron chi connectivity index (χ4n) is 1.61. The van der Waals surface area contributed by atoms with Gasteiger partial charge in [-0.05, 0) is 30.7 Å². The van der Waals surface area contributed by atoms with Crippen LogP contribution < -0.4 is 5.32 Å². The molecule has 0 saturated heterocycles. The van der Waals surface area contributed by atoms with Crippen LogP contribution in [-0.2, 0) is 19.6 Å². The highest BCUT2D eigenvalue weighted by atomic mass is 19.1. The number of nitrogens with zero attached hydrogens (tertiary/aromatic N) is 2. The van der Waals surface area contributed by atoms with E-state index < -0.39 is 0 Å². The summed E-state index contributed by atoms with van der Waals surface area (Å²) in [6.45, 7) is 4.39. The summed E-state index contributed by atoms with van der Waals surface area (Å²) in [5.74, 6) is -0.199. The molecule has 0 spiro atoms. The average molecular weight is 233 g/mol. The minimum Gasteiger partial charge on any atom is -0.307 e. The van der Waals surface area contributed by atoms with Crippen LogP contribution in [0.5, 0.6) is 0 Å². The molecule has 90 valence electrons. The maximum Gasteiger partial charge on any atom is 0.123 e. The molecule has 17 heavy (non-hydrogen) atoms. The first-order chi connectivity index (χ1) is 8.28. The van der Waals surface area contributed by atoms with Gasteiger partial charge < -0.3 is 5.32 Å². The lowest BCUT2D eigenvalue weighted by atomic mass is 10.2. The fraction of sp³-hybridized carbons (Fsp3) is 0.308. The Labute approximate surface area is 100 Å². The van der Waals surface area contributed by atoms with Crippen LogP contribution in [0, 0.1) is 5.82 Å². The Balaban J connectivity index is 1.81. The monoisotopic (exact) mass is 233 g/mol. The smallest absolute Gasteiger partial charge is 0.123 e. The van der Waals surface area contributed by atoms with E-state index in [9.17, 15) is 4.39 Å². The van der Waals surface area contributed by atoms with Crippen LogP contribution in [0.3, 0.4) is 0 Å². The van der Waals surface area contributed by atoms with Gasteiger partial charge in [0.05, 0.1) is 5.69 Å². The first-order valence-electron chi connectivity index (χ1n) is 5.75. The zero-order valence-electron chi connectivity index (χ0n) is 9.86. The molecule has 1 N–H and O–H groups in total. The summed E-state index contributed by atoms with van der Waals surface area (Å²) in [6, 6.07) is 8.52. The molecule has 0 aliphatic heterocycles. The Morgan fingerprint density at radius 3 is 2.59 bits per heavy atom.